The van der Waals surface area contributed by atoms with E-state index < -0.39 is 10.0 Å². The van der Waals surface area contributed by atoms with Crippen LogP contribution in [0.1, 0.15) is 58.8 Å². The van der Waals surface area contributed by atoms with Crippen LogP contribution in [-0.4, -0.2) is 67.7 Å². The Bertz CT molecular complexity index is 1290. The highest BCUT2D eigenvalue weighted by Gasteiger charge is 2.31. The average molecular weight is 532 g/mol. The van der Waals surface area contributed by atoms with Crippen molar-refractivity contribution in [3.05, 3.63) is 101 Å². The fourth-order valence-corrected chi connectivity index (χ4v) is 7.21. The molecule has 7 heteroatoms. The first kappa shape index (κ1) is 26.6. The van der Waals surface area contributed by atoms with Crippen molar-refractivity contribution in [2.24, 2.45) is 0 Å². The fraction of sp³-hybridized carbons (Fsp3) is 0.387. The van der Waals surface area contributed by atoms with Crippen molar-refractivity contribution < 1.29 is 13.2 Å². The van der Waals surface area contributed by atoms with Crippen LogP contribution in [0.15, 0.2) is 83.8 Å². The molecule has 2 aliphatic rings. The molecule has 0 saturated carbocycles. The Hall–Kier alpha value is -3.00. The van der Waals surface area contributed by atoms with Crippen molar-refractivity contribution in [1.82, 2.24) is 14.1 Å². The smallest absolute Gasteiger partial charge is 0.254 e. The molecule has 0 aliphatic carbocycles. The van der Waals surface area contributed by atoms with Gasteiger partial charge in [-0.2, -0.15) is 4.31 Å². The number of rotatable bonds is 6. The quantitative estimate of drug-likeness (QED) is 0.444. The molecule has 3 aromatic carbocycles. The molecule has 38 heavy (non-hydrogen) atoms. The van der Waals surface area contributed by atoms with Crippen molar-refractivity contribution >= 4 is 15.9 Å². The zero-order valence-electron chi connectivity index (χ0n) is 22.1. The summed E-state index contributed by atoms with van der Waals surface area (Å²) in [7, 11) is -3.62. The van der Waals surface area contributed by atoms with E-state index in [-0.39, 0.29) is 16.8 Å². The van der Waals surface area contributed by atoms with Crippen LogP contribution in [0.5, 0.6) is 0 Å². The second kappa shape index (κ2) is 11.8. The molecule has 2 aliphatic heterocycles. The van der Waals surface area contributed by atoms with Gasteiger partial charge in [0.05, 0.1) is 10.9 Å². The van der Waals surface area contributed by atoms with Gasteiger partial charge in [0.25, 0.3) is 5.91 Å². The number of sulfonamides is 1. The minimum Gasteiger partial charge on any atom is -0.336 e. The van der Waals surface area contributed by atoms with Gasteiger partial charge in [0.1, 0.15) is 0 Å². The number of hydrogen-bond acceptors (Lipinski definition) is 4. The van der Waals surface area contributed by atoms with E-state index in [1.54, 1.807) is 22.5 Å². The number of aryl methyl sites for hydroxylation is 1. The second-order valence-corrected chi connectivity index (χ2v) is 12.3. The predicted octanol–water partition coefficient (Wildman–Crippen LogP) is 5.11. The van der Waals surface area contributed by atoms with E-state index in [9.17, 15) is 13.2 Å². The van der Waals surface area contributed by atoms with Crippen LogP contribution in [0.4, 0.5) is 0 Å². The third-order valence-electron chi connectivity index (χ3n) is 7.84. The highest BCUT2D eigenvalue weighted by molar-refractivity contribution is 7.89. The van der Waals surface area contributed by atoms with Gasteiger partial charge in [-0.1, -0.05) is 79.6 Å². The van der Waals surface area contributed by atoms with Crippen LogP contribution < -0.4 is 0 Å². The molecule has 0 aromatic heterocycles. The SMILES string of the molecule is Cc1ccc(S(=O)(=O)N2CCCCCC2)cc1C(=O)N1CCN(C(c2ccccc2)c2ccccc2)CC1. The Morgan fingerprint density at radius 2 is 1.26 bits per heavy atom. The largest absolute Gasteiger partial charge is 0.336 e. The van der Waals surface area contributed by atoms with Gasteiger partial charge in [-0.25, -0.2) is 8.42 Å². The van der Waals surface area contributed by atoms with Crippen molar-refractivity contribution in [3.63, 3.8) is 0 Å². The monoisotopic (exact) mass is 531 g/mol. The number of nitrogens with zero attached hydrogens (tertiary/aromatic N) is 3. The van der Waals surface area contributed by atoms with Gasteiger partial charge in [-0.3, -0.25) is 9.69 Å². The molecule has 0 radical (unpaired) electrons. The summed E-state index contributed by atoms with van der Waals surface area (Å²) >= 11 is 0. The van der Waals surface area contributed by atoms with Gasteiger partial charge < -0.3 is 4.90 Å². The summed E-state index contributed by atoms with van der Waals surface area (Å²) in [6.07, 6.45) is 3.89. The second-order valence-electron chi connectivity index (χ2n) is 10.3. The van der Waals surface area contributed by atoms with E-state index in [1.807, 2.05) is 24.0 Å². The lowest BCUT2D eigenvalue weighted by molar-refractivity contribution is 0.0596. The maximum Gasteiger partial charge on any atom is 0.254 e. The molecule has 0 unspecified atom stereocenters. The Kier molecular flexibility index (Phi) is 8.27. The molecule has 2 heterocycles. The van der Waals surface area contributed by atoms with E-state index in [0.29, 0.717) is 31.7 Å². The molecule has 0 N–H and O–H groups in total. The summed E-state index contributed by atoms with van der Waals surface area (Å²) in [5, 5.41) is 0. The summed E-state index contributed by atoms with van der Waals surface area (Å²) in [5.74, 6) is -0.0916. The van der Waals surface area contributed by atoms with Gasteiger partial charge in [0.15, 0.2) is 0 Å². The molecule has 5 rings (SSSR count). The molecule has 2 saturated heterocycles. The van der Waals surface area contributed by atoms with E-state index >= 15 is 0 Å². The zero-order valence-corrected chi connectivity index (χ0v) is 22.9. The number of benzene rings is 3. The molecule has 0 atom stereocenters. The van der Waals surface area contributed by atoms with Crippen LogP contribution in [-0.2, 0) is 10.0 Å². The number of piperazine rings is 1. The highest BCUT2D eigenvalue weighted by Crippen LogP contribution is 2.30. The molecule has 0 spiro atoms. The molecule has 0 bridgehead atoms. The maximum atomic E-state index is 13.6. The molecule has 2 fully saturated rings. The van der Waals surface area contributed by atoms with Crippen LogP contribution in [0.3, 0.4) is 0 Å². The van der Waals surface area contributed by atoms with E-state index in [2.05, 4.69) is 53.4 Å². The zero-order chi connectivity index (χ0) is 26.5. The Morgan fingerprint density at radius 1 is 0.711 bits per heavy atom. The molecule has 200 valence electrons. The highest BCUT2D eigenvalue weighted by atomic mass is 32.2. The summed E-state index contributed by atoms with van der Waals surface area (Å²) < 4.78 is 28.4. The van der Waals surface area contributed by atoms with Gasteiger partial charge in [0.2, 0.25) is 10.0 Å². The Balaban J connectivity index is 1.33. The van der Waals surface area contributed by atoms with Gasteiger partial charge in [0, 0.05) is 44.8 Å². The summed E-state index contributed by atoms with van der Waals surface area (Å²) in [6, 6.07) is 26.1. The van der Waals surface area contributed by atoms with Crippen LogP contribution in [0.25, 0.3) is 0 Å². The molecular weight excluding hydrogens is 494 g/mol. The lowest BCUT2D eigenvalue weighted by atomic mass is 9.96. The first-order valence-electron chi connectivity index (χ1n) is 13.7. The predicted molar refractivity (Wildman–Crippen MR) is 151 cm³/mol. The summed E-state index contributed by atoms with van der Waals surface area (Å²) in [6.45, 7) is 5.65. The lowest BCUT2D eigenvalue weighted by Gasteiger charge is -2.40. The van der Waals surface area contributed by atoms with Crippen molar-refractivity contribution in [1.29, 1.82) is 0 Å². The van der Waals surface area contributed by atoms with Crippen molar-refractivity contribution in [2.75, 3.05) is 39.3 Å². The van der Waals surface area contributed by atoms with Gasteiger partial charge >= 0.3 is 0 Å². The van der Waals surface area contributed by atoms with Crippen LogP contribution >= 0.6 is 0 Å². The number of carbonyl (C=O) groups excluding carboxylic acids is 1. The first-order chi connectivity index (χ1) is 18.4. The Morgan fingerprint density at radius 3 is 1.82 bits per heavy atom. The molecular formula is C31H37N3O3S. The Labute approximate surface area is 226 Å². The van der Waals surface area contributed by atoms with Gasteiger partial charge in [-0.15, -0.1) is 0 Å². The summed E-state index contributed by atoms with van der Waals surface area (Å²) in [4.78, 5) is 18.2. The maximum absolute atomic E-state index is 13.6. The van der Waals surface area contributed by atoms with E-state index in [4.69, 9.17) is 0 Å². The van der Waals surface area contributed by atoms with Gasteiger partial charge in [-0.05, 0) is 48.6 Å². The molecule has 6 nitrogen and oxygen atoms in total. The average Bonchev–Trinajstić information content (AvgIpc) is 3.25. The third kappa shape index (κ3) is 5.70. The first-order valence-corrected chi connectivity index (χ1v) is 15.1. The normalized spacial score (nSPS) is 17.9. The standard InChI is InChI=1S/C31H37N3O3S/c1-25-16-17-28(38(36,37)34-18-10-2-3-11-19-34)24-29(25)31(35)33-22-20-32(21-23-33)30(26-12-6-4-7-13-26)27-14-8-5-9-15-27/h4-9,12-17,24,30H,2-3,10-11,18-23H2,1H3. The fourth-order valence-electron chi connectivity index (χ4n) is 5.66. The number of amides is 1. The van der Waals surface area contributed by atoms with Crippen LogP contribution in [0, 0.1) is 6.92 Å². The molecule has 1 amide bonds. The third-order valence-corrected chi connectivity index (χ3v) is 9.73. The van der Waals surface area contributed by atoms with Crippen LogP contribution in [0.2, 0.25) is 0 Å². The topological polar surface area (TPSA) is 60.9 Å². The summed E-state index contributed by atoms with van der Waals surface area (Å²) in [5.41, 5.74) is 3.76. The van der Waals surface area contributed by atoms with E-state index in [1.165, 1.54) is 11.1 Å². The lowest BCUT2D eigenvalue weighted by Crippen LogP contribution is -2.50. The van der Waals surface area contributed by atoms with Crippen molar-refractivity contribution in [3.8, 4) is 0 Å². The number of hydrogen-bond donors (Lipinski definition) is 0. The minimum absolute atomic E-state index is 0.0916. The van der Waals surface area contributed by atoms with E-state index in [0.717, 1.165) is 44.3 Å². The minimum atomic E-state index is -3.62. The molecule has 3 aromatic rings. The number of carbonyl (C=O) groups is 1. The van der Waals surface area contributed by atoms with Crippen molar-refractivity contribution in [2.45, 2.75) is 43.5 Å².